The quantitative estimate of drug-likeness (QED) is 0.732. The molecule has 2 aromatic heterocycles. The highest BCUT2D eigenvalue weighted by atomic mass is 16.1. The zero-order chi connectivity index (χ0) is 17.8. The second-order valence-electron chi connectivity index (χ2n) is 6.03. The van der Waals surface area contributed by atoms with Gasteiger partial charge < -0.3 is 10.2 Å². The lowest BCUT2D eigenvalue weighted by Gasteiger charge is -2.15. The number of rotatable bonds is 5. The van der Waals surface area contributed by atoms with E-state index < -0.39 is 0 Å². The highest BCUT2D eigenvalue weighted by Gasteiger charge is 2.15. The molecule has 0 saturated carbocycles. The van der Waals surface area contributed by atoms with Gasteiger partial charge in [0.1, 0.15) is 6.33 Å². The number of hydrogen-bond donors (Lipinski definition) is 1. The molecule has 3 heterocycles. The van der Waals surface area contributed by atoms with Crippen molar-refractivity contribution in [3.63, 3.8) is 0 Å². The number of nitrogens with one attached hydrogen (secondary N) is 1. The summed E-state index contributed by atoms with van der Waals surface area (Å²) in [6, 6.07) is 8.93. The molecule has 0 bridgehead atoms. The van der Waals surface area contributed by atoms with Gasteiger partial charge in [0.15, 0.2) is 0 Å². The summed E-state index contributed by atoms with van der Waals surface area (Å²) in [5.41, 5.74) is 2.04. The first-order valence-corrected chi connectivity index (χ1v) is 8.48. The second-order valence-corrected chi connectivity index (χ2v) is 6.03. The first-order chi connectivity index (χ1) is 12.8. The van der Waals surface area contributed by atoms with E-state index in [4.69, 9.17) is 0 Å². The van der Waals surface area contributed by atoms with Crippen LogP contribution in [0.2, 0.25) is 0 Å². The Morgan fingerprint density at radius 2 is 2.08 bits per heavy atom. The van der Waals surface area contributed by atoms with Gasteiger partial charge in [-0.25, -0.2) is 14.6 Å². The molecule has 0 atom stereocenters. The van der Waals surface area contributed by atoms with Crippen molar-refractivity contribution in [1.82, 2.24) is 35.5 Å². The first-order valence-electron chi connectivity index (χ1n) is 8.48. The lowest BCUT2D eigenvalue weighted by Crippen LogP contribution is -2.25. The van der Waals surface area contributed by atoms with E-state index >= 15 is 0 Å². The molecular weight excluding hydrogens is 332 g/mol. The van der Waals surface area contributed by atoms with Crippen LogP contribution in [0.25, 0.3) is 5.69 Å². The summed E-state index contributed by atoms with van der Waals surface area (Å²) in [6.45, 7) is 2.32. The van der Waals surface area contributed by atoms with Crippen LogP contribution >= 0.6 is 0 Å². The Bertz CT molecular complexity index is 889. The molecule has 9 nitrogen and oxygen atoms in total. The monoisotopic (exact) mass is 350 g/mol. The summed E-state index contributed by atoms with van der Waals surface area (Å²) in [4.78, 5) is 23.5. The van der Waals surface area contributed by atoms with E-state index in [2.05, 4.69) is 35.7 Å². The minimum Gasteiger partial charge on any atom is -0.346 e. The normalized spacial score (nSPS) is 13.8. The highest BCUT2D eigenvalue weighted by Crippen LogP contribution is 2.15. The molecule has 26 heavy (non-hydrogen) atoms. The molecule has 9 heteroatoms. The first kappa shape index (κ1) is 16.1. The minimum absolute atomic E-state index is 0.179. The van der Waals surface area contributed by atoms with E-state index in [1.807, 2.05) is 12.1 Å². The van der Waals surface area contributed by atoms with E-state index in [0.29, 0.717) is 12.1 Å². The molecule has 1 saturated heterocycles. The topological polar surface area (TPSA) is 102 Å². The maximum Gasteiger partial charge on any atom is 0.251 e. The van der Waals surface area contributed by atoms with Crippen LogP contribution in [0.3, 0.4) is 0 Å². The van der Waals surface area contributed by atoms with E-state index in [9.17, 15) is 4.79 Å². The largest absolute Gasteiger partial charge is 0.346 e. The van der Waals surface area contributed by atoms with E-state index in [-0.39, 0.29) is 5.91 Å². The predicted molar refractivity (Wildman–Crippen MR) is 93.8 cm³/mol. The number of amides is 1. The molecule has 0 aliphatic carbocycles. The van der Waals surface area contributed by atoms with Crippen molar-refractivity contribution >= 4 is 11.9 Å². The van der Waals surface area contributed by atoms with Crippen LogP contribution in [0.1, 0.15) is 28.9 Å². The molecular formula is C17H18N8O. The Morgan fingerprint density at radius 1 is 1.19 bits per heavy atom. The molecule has 1 N–H and O–H groups in total. The van der Waals surface area contributed by atoms with Crippen LogP contribution in [0.4, 0.5) is 5.95 Å². The van der Waals surface area contributed by atoms with Gasteiger partial charge in [-0.05, 0) is 47.5 Å². The van der Waals surface area contributed by atoms with Crippen molar-refractivity contribution in [2.45, 2.75) is 19.4 Å². The maximum atomic E-state index is 12.5. The number of benzene rings is 1. The molecule has 1 amide bonds. The third-order valence-electron chi connectivity index (χ3n) is 4.24. The Kier molecular flexibility index (Phi) is 4.50. The second kappa shape index (κ2) is 7.26. The Balaban J connectivity index is 1.43. The molecule has 4 rings (SSSR count). The van der Waals surface area contributed by atoms with Crippen LogP contribution in [-0.2, 0) is 6.54 Å². The summed E-state index contributed by atoms with van der Waals surface area (Å²) in [7, 11) is 0. The van der Waals surface area contributed by atoms with Gasteiger partial charge in [-0.1, -0.05) is 6.07 Å². The van der Waals surface area contributed by atoms with Gasteiger partial charge in [0.25, 0.3) is 5.91 Å². The van der Waals surface area contributed by atoms with E-state index in [0.717, 1.165) is 30.4 Å². The van der Waals surface area contributed by atoms with Gasteiger partial charge in [0, 0.05) is 24.8 Å². The fourth-order valence-corrected chi connectivity index (χ4v) is 2.89. The van der Waals surface area contributed by atoms with Crippen LogP contribution < -0.4 is 10.2 Å². The highest BCUT2D eigenvalue weighted by molar-refractivity contribution is 5.94. The van der Waals surface area contributed by atoms with Gasteiger partial charge in [0.2, 0.25) is 5.95 Å². The van der Waals surface area contributed by atoms with Crippen LogP contribution in [0, 0.1) is 0 Å². The number of hydrogen-bond acceptors (Lipinski definition) is 7. The molecule has 1 fully saturated rings. The van der Waals surface area contributed by atoms with Crippen LogP contribution in [-0.4, -0.2) is 49.2 Å². The number of carbonyl (C=O) groups excluding carboxylic acids is 1. The summed E-state index contributed by atoms with van der Waals surface area (Å²) in [5, 5.41) is 13.9. The Morgan fingerprint density at radius 3 is 2.88 bits per heavy atom. The minimum atomic E-state index is -0.179. The maximum absolute atomic E-state index is 12.5. The molecule has 132 valence electrons. The van der Waals surface area contributed by atoms with Crippen LogP contribution in [0.15, 0.2) is 42.9 Å². The number of anilines is 1. The third kappa shape index (κ3) is 3.51. The average Bonchev–Trinajstić information content (AvgIpc) is 3.40. The van der Waals surface area contributed by atoms with Crippen molar-refractivity contribution in [1.29, 1.82) is 0 Å². The van der Waals surface area contributed by atoms with Gasteiger partial charge in [-0.15, -0.1) is 5.10 Å². The van der Waals surface area contributed by atoms with Gasteiger partial charge in [-0.2, -0.15) is 0 Å². The number of aromatic nitrogens is 6. The number of tetrazole rings is 1. The van der Waals surface area contributed by atoms with Crippen molar-refractivity contribution in [2.24, 2.45) is 0 Å². The molecule has 0 unspecified atom stereocenters. The number of nitrogens with zero attached hydrogens (tertiary/aromatic N) is 7. The van der Waals surface area contributed by atoms with Crippen molar-refractivity contribution < 1.29 is 4.79 Å². The zero-order valence-corrected chi connectivity index (χ0v) is 14.1. The molecule has 3 aromatic rings. The van der Waals surface area contributed by atoms with E-state index in [1.165, 1.54) is 23.9 Å². The average molecular weight is 350 g/mol. The van der Waals surface area contributed by atoms with Crippen molar-refractivity contribution in [3.8, 4) is 5.69 Å². The Labute approximate surface area is 150 Å². The molecule has 1 aromatic carbocycles. The standard InChI is InChI=1S/C17H18N8O/c26-16(13-4-3-5-15(10-13)25-12-20-22-23-25)19-11-14-6-7-18-17(21-14)24-8-1-2-9-24/h3-7,10,12H,1-2,8-9,11H2,(H,19,26). The fourth-order valence-electron chi connectivity index (χ4n) is 2.89. The Hall–Kier alpha value is -3.36. The van der Waals surface area contributed by atoms with Gasteiger partial charge >= 0.3 is 0 Å². The zero-order valence-electron chi connectivity index (χ0n) is 14.1. The van der Waals surface area contributed by atoms with Crippen molar-refractivity contribution in [2.75, 3.05) is 18.0 Å². The molecule has 0 radical (unpaired) electrons. The van der Waals surface area contributed by atoms with Gasteiger partial charge in [-0.3, -0.25) is 4.79 Å². The predicted octanol–water partition coefficient (Wildman–Crippen LogP) is 0.982. The molecule has 1 aliphatic heterocycles. The SMILES string of the molecule is O=C(NCc1ccnc(N2CCCC2)n1)c1cccc(-n2cnnn2)c1. The number of carbonyl (C=O) groups is 1. The van der Waals surface area contributed by atoms with Gasteiger partial charge in [0.05, 0.1) is 17.9 Å². The summed E-state index contributed by atoms with van der Waals surface area (Å²) >= 11 is 0. The lowest BCUT2D eigenvalue weighted by atomic mass is 10.2. The summed E-state index contributed by atoms with van der Waals surface area (Å²) < 4.78 is 1.50. The van der Waals surface area contributed by atoms with Crippen molar-refractivity contribution in [3.05, 3.63) is 54.1 Å². The smallest absolute Gasteiger partial charge is 0.251 e. The molecule has 0 spiro atoms. The third-order valence-corrected chi connectivity index (χ3v) is 4.24. The summed E-state index contributed by atoms with van der Waals surface area (Å²) in [5.74, 6) is 0.552. The van der Waals surface area contributed by atoms with Crippen LogP contribution in [0.5, 0.6) is 0 Å². The van der Waals surface area contributed by atoms with E-state index in [1.54, 1.807) is 24.4 Å². The molecule has 1 aliphatic rings. The fraction of sp³-hybridized carbons (Fsp3) is 0.294. The lowest BCUT2D eigenvalue weighted by molar-refractivity contribution is 0.0950. The summed E-state index contributed by atoms with van der Waals surface area (Å²) in [6.07, 6.45) is 5.56.